The standard InChI is InChI=1S/C15H20N2O/c1-17(13-9-7-12(11-16)8-10-13)14-5-3-2-4-6-15(14)18/h7-10,14-15,18H,2-6H2,1H3. The summed E-state index contributed by atoms with van der Waals surface area (Å²) in [6.07, 6.45) is 5.21. The molecule has 2 rings (SSSR count). The number of aliphatic hydroxyl groups is 1. The Hall–Kier alpha value is -1.53. The van der Waals surface area contributed by atoms with E-state index in [0.717, 1.165) is 24.9 Å². The molecule has 0 amide bonds. The van der Waals surface area contributed by atoms with Crippen molar-refractivity contribution in [3.05, 3.63) is 29.8 Å². The molecule has 1 aromatic carbocycles. The largest absolute Gasteiger partial charge is 0.391 e. The molecule has 1 fully saturated rings. The van der Waals surface area contributed by atoms with Crippen LogP contribution in [0.1, 0.15) is 37.7 Å². The van der Waals surface area contributed by atoms with Crippen LogP contribution in [0.25, 0.3) is 0 Å². The Bertz CT molecular complexity index is 421. The van der Waals surface area contributed by atoms with Crippen LogP contribution in [0, 0.1) is 11.3 Å². The predicted octanol–water partition coefficient (Wildman–Crippen LogP) is 2.69. The lowest BCUT2D eigenvalue weighted by Crippen LogP contribution is -2.40. The second-order valence-electron chi connectivity index (χ2n) is 5.04. The maximum Gasteiger partial charge on any atom is 0.0991 e. The SMILES string of the molecule is CN(c1ccc(C#N)cc1)C1CCCCCC1O. The molecule has 0 saturated heterocycles. The highest BCUT2D eigenvalue weighted by atomic mass is 16.3. The molecule has 1 aromatic rings. The van der Waals surface area contributed by atoms with Crippen LogP contribution < -0.4 is 4.90 Å². The van der Waals surface area contributed by atoms with E-state index in [-0.39, 0.29) is 12.1 Å². The van der Waals surface area contributed by atoms with Gasteiger partial charge in [0.25, 0.3) is 0 Å². The van der Waals surface area contributed by atoms with Gasteiger partial charge in [0.05, 0.1) is 23.8 Å². The fourth-order valence-electron chi connectivity index (χ4n) is 2.68. The first-order chi connectivity index (χ1) is 8.72. The summed E-state index contributed by atoms with van der Waals surface area (Å²) in [5.41, 5.74) is 1.74. The average Bonchev–Trinajstić information content (AvgIpc) is 2.63. The quantitative estimate of drug-likeness (QED) is 0.814. The van der Waals surface area contributed by atoms with Crippen molar-refractivity contribution in [1.82, 2.24) is 0 Å². The third-order valence-corrected chi connectivity index (χ3v) is 3.85. The molecule has 0 radical (unpaired) electrons. The van der Waals surface area contributed by atoms with Crippen molar-refractivity contribution in [1.29, 1.82) is 5.26 Å². The van der Waals surface area contributed by atoms with Crippen molar-refractivity contribution >= 4 is 5.69 Å². The van der Waals surface area contributed by atoms with Crippen LogP contribution in [-0.4, -0.2) is 24.3 Å². The number of nitriles is 1. The Labute approximate surface area is 109 Å². The molecule has 1 saturated carbocycles. The second-order valence-corrected chi connectivity index (χ2v) is 5.04. The van der Waals surface area contributed by atoms with Crippen LogP contribution in [0.2, 0.25) is 0 Å². The number of nitrogens with zero attached hydrogens (tertiary/aromatic N) is 2. The molecule has 0 bridgehead atoms. The molecule has 18 heavy (non-hydrogen) atoms. The van der Waals surface area contributed by atoms with E-state index >= 15 is 0 Å². The molecule has 0 aromatic heterocycles. The summed E-state index contributed by atoms with van der Waals surface area (Å²) in [6.45, 7) is 0. The first-order valence-electron chi connectivity index (χ1n) is 6.63. The minimum atomic E-state index is -0.242. The van der Waals surface area contributed by atoms with Crippen molar-refractivity contribution in [2.75, 3.05) is 11.9 Å². The molecule has 0 spiro atoms. The van der Waals surface area contributed by atoms with Crippen LogP contribution in [0.3, 0.4) is 0 Å². The monoisotopic (exact) mass is 244 g/mol. The molecule has 3 nitrogen and oxygen atoms in total. The minimum absolute atomic E-state index is 0.195. The van der Waals surface area contributed by atoms with Crippen molar-refractivity contribution in [2.24, 2.45) is 0 Å². The first kappa shape index (κ1) is 12.9. The molecule has 0 aliphatic heterocycles. The van der Waals surface area contributed by atoms with Gasteiger partial charge in [-0.15, -0.1) is 0 Å². The van der Waals surface area contributed by atoms with Gasteiger partial charge in [-0.2, -0.15) is 5.26 Å². The lowest BCUT2D eigenvalue weighted by atomic mass is 10.0. The maximum absolute atomic E-state index is 10.2. The van der Waals surface area contributed by atoms with Crippen LogP contribution >= 0.6 is 0 Å². The van der Waals surface area contributed by atoms with Crippen molar-refractivity contribution in [3.63, 3.8) is 0 Å². The lowest BCUT2D eigenvalue weighted by molar-refractivity contribution is 0.135. The third-order valence-electron chi connectivity index (χ3n) is 3.85. The summed E-state index contributed by atoms with van der Waals surface area (Å²) in [7, 11) is 2.03. The number of aliphatic hydroxyl groups excluding tert-OH is 1. The Kier molecular flexibility index (Phi) is 4.22. The average molecular weight is 244 g/mol. The smallest absolute Gasteiger partial charge is 0.0991 e. The molecule has 2 atom stereocenters. The second kappa shape index (κ2) is 5.88. The lowest BCUT2D eigenvalue weighted by Gasteiger charge is -2.32. The van der Waals surface area contributed by atoms with E-state index in [0.29, 0.717) is 5.56 Å². The van der Waals surface area contributed by atoms with Gasteiger partial charge in [-0.1, -0.05) is 19.3 Å². The summed E-state index contributed by atoms with van der Waals surface area (Å²) < 4.78 is 0. The molecule has 1 N–H and O–H groups in total. The fourth-order valence-corrected chi connectivity index (χ4v) is 2.68. The van der Waals surface area contributed by atoms with E-state index in [4.69, 9.17) is 5.26 Å². The predicted molar refractivity (Wildman–Crippen MR) is 72.4 cm³/mol. The third kappa shape index (κ3) is 2.83. The molecule has 1 aliphatic rings. The molecule has 1 aliphatic carbocycles. The van der Waals surface area contributed by atoms with Gasteiger partial charge in [-0.25, -0.2) is 0 Å². The van der Waals surface area contributed by atoms with Gasteiger partial charge < -0.3 is 10.0 Å². The van der Waals surface area contributed by atoms with E-state index in [1.807, 2.05) is 31.3 Å². The zero-order valence-electron chi connectivity index (χ0n) is 10.8. The number of hydrogen-bond donors (Lipinski definition) is 1. The Morgan fingerprint density at radius 2 is 1.83 bits per heavy atom. The molecule has 0 heterocycles. The van der Waals surface area contributed by atoms with Crippen molar-refractivity contribution < 1.29 is 5.11 Å². The summed E-state index contributed by atoms with van der Waals surface area (Å²) in [4.78, 5) is 2.15. The topological polar surface area (TPSA) is 47.3 Å². The Morgan fingerprint density at radius 3 is 2.50 bits per heavy atom. The van der Waals surface area contributed by atoms with Gasteiger partial charge in [-0.05, 0) is 37.1 Å². The van der Waals surface area contributed by atoms with Crippen molar-refractivity contribution in [3.8, 4) is 6.07 Å². The number of anilines is 1. The first-order valence-corrected chi connectivity index (χ1v) is 6.63. The zero-order valence-corrected chi connectivity index (χ0v) is 10.8. The van der Waals surface area contributed by atoms with Crippen molar-refractivity contribution in [2.45, 2.75) is 44.2 Å². The van der Waals surface area contributed by atoms with E-state index < -0.39 is 0 Å². The van der Waals surface area contributed by atoms with Crippen LogP contribution in [0.5, 0.6) is 0 Å². The van der Waals surface area contributed by atoms with Gasteiger partial charge >= 0.3 is 0 Å². The molecule has 3 heteroatoms. The highest BCUT2D eigenvalue weighted by Gasteiger charge is 2.25. The number of benzene rings is 1. The minimum Gasteiger partial charge on any atom is -0.391 e. The molecule has 2 unspecified atom stereocenters. The Balaban J connectivity index is 2.13. The molecular weight excluding hydrogens is 224 g/mol. The van der Waals surface area contributed by atoms with Gasteiger partial charge in [0.2, 0.25) is 0 Å². The normalized spacial score (nSPS) is 24.1. The van der Waals surface area contributed by atoms with Crippen LogP contribution in [0.15, 0.2) is 24.3 Å². The highest BCUT2D eigenvalue weighted by molar-refractivity contribution is 5.50. The zero-order chi connectivity index (χ0) is 13.0. The molecular formula is C15H20N2O. The van der Waals surface area contributed by atoms with Gasteiger partial charge in [0.15, 0.2) is 0 Å². The summed E-state index contributed by atoms with van der Waals surface area (Å²) in [5.74, 6) is 0. The highest BCUT2D eigenvalue weighted by Crippen LogP contribution is 2.26. The van der Waals surface area contributed by atoms with E-state index in [1.54, 1.807) is 0 Å². The summed E-state index contributed by atoms with van der Waals surface area (Å²) in [5, 5.41) is 19.0. The number of likely N-dealkylation sites (N-methyl/N-ethyl adjacent to an activating group) is 1. The fraction of sp³-hybridized carbons (Fsp3) is 0.533. The number of rotatable bonds is 2. The van der Waals surface area contributed by atoms with Gasteiger partial charge in [-0.3, -0.25) is 0 Å². The maximum atomic E-state index is 10.2. The van der Waals surface area contributed by atoms with Crippen LogP contribution in [0.4, 0.5) is 5.69 Å². The van der Waals surface area contributed by atoms with Gasteiger partial charge in [0.1, 0.15) is 0 Å². The summed E-state index contributed by atoms with van der Waals surface area (Å²) >= 11 is 0. The Morgan fingerprint density at radius 1 is 1.17 bits per heavy atom. The van der Waals surface area contributed by atoms with Crippen LogP contribution in [-0.2, 0) is 0 Å². The van der Waals surface area contributed by atoms with Gasteiger partial charge in [0, 0.05) is 12.7 Å². The van der Waals surface area contributed by atoms with E-state index in [1.165, 1.54) is 12.8 Å². The van der Waals surface area contributed by atoms with E-state index in [9.17, 15) is 5.11 Å². The summed E-state index contributed by atoms with van der Waals surface area (Å²) in [6, 6.07) is 9.88. The molecule has 96 valence electrons. The van der Waals surface area contributed by atoms with E-state index in [2.05, 4.69) is 11.0 Å². The number of hydrogen-bond acceptors (Lipinski definition) is 3.